The van der Waals surface area contributed by atoms with Crippen LogP contribution >= 0.6 is 0 Å². The molecule has 0 aromatic carbocycles. The zero-order valence-electron chi connectivity index (χ0n) is 17.0. The highest BCUT2D eigenvalue weighted by Crippen LogP contribution is 2.24. The number of esters is 2. The van der Waals surface area contributed by atoms with Crippen LogP contribution in [-0.4, -0.2) is 53.4 Å². The minimum absolute atomic E-state index is 0.201. The SMILES string of the molecule is CC.CC1OCCOC(=O)C1OC(=O)C(C)(C)C.OC1(O)CCCCC1. The van der Waals surface area contributed by atoms with Crippen LogP contribution in [0.5, 0.6) is 0 Å². The van der Waals surface area contributed by atoms with Gasteiger partial charge < -0.3 is 24.4 Å². The summed E-state index contributed by atoms with van der Waals surface area (Å²) in [6.07, 6.45) is 2.78. The molecule has 7 heteroatoms. The Kier molecular flexibility index (Phi) is 11.0. The first kappa shape index (κ1) is 24.8. The summed E-state index contributed by atoms with van der Waals surface area (Å²) in [5.74, 6) is -2.30. The molecule has 1 saturated carbocycles. The van der Waals surface area contributed by atoms with Crippen molar-refractivity contribution in [2.75, 3.05) is 13.2 Å². The van der Waals surface area contributed by atoms with Crippen LogP contribution in [0.4, 0.5) is 0 Å². The molecule has 1 aliphatic heterocycles. The van der Waals surface area contributed by atoms with E-state index < -0.39 is 35.3 Å². The van der Waals surface area contributed by atoms with E-state index in [2.05, 4.69) is 0 Å². The normalized spacial score (nSPS) is 25.3. The lowest BCUT2D eigenvalue weighted by Crippen LogP contribution is -2.40. The lowest BCUT2D eigenvalue weighted by molar-refractivity contribution is -0.180. The minimum atomic E-state index is -1.32. The molecule has 1 heterocycles. The summed E-state index contributed by atoms with van der Waals surface area (Å²) in [5, 5.41) is 17.9. The Labute approximate surface area is 157 Å². The molecule has 0 radical (unpaired) electrons. The smallest absolute Gasteiger partial charge is 0.350 e. The Bertz CT molecular complexity index is 418. The van der Waals surface area contributed by atoms with Crippen molar-refractivity contribution < 1.29 is 34.0 Å². The number of ether oxygens (including phenoxy) is 3. The van der Waals surface area contributed by atoms with Crippen LogP contribution in [0, 0.1) is 5.41 Å². The molecule has 2 rings (SSSR count). The van der Waals surface area contributed by atoms with E-state index in [-0.39, 0.29) is 6.61 Å². The highest BCUT2D eigenvalue weighted by molar-refractivity contribution is 5.82. The highest BCUT2D eigenvalue weighted by Gasteiger charge is 2.36. The van der Waals surface area contributed by atoms with Crippen molar-refractivity contribution in [1.82, 2.24) is 0 Å². The number of carbonyl (C=O) groups is 2. The molecule has 7 nitrogen and oxygen atoms in total. The fourth-order valence-corrected chi connectivity index (χ4v) is 2.29. The van der Waals surface area contributed by atoms with Gasteiger partial charge >= 0.3 is 11.9 Å². The number of aliphatic hydroxyl groups is 2. The number of cyclic esters (lactones) is 1. The van der Waals surface area contributed by atoms with E-state index >= 15 is 0 Å². The molecule has 1 aliphatic carbocycles. The van der Waals surface area contributed by atoms with Gasteiger partial charge in [0, 0.05) is 12.8 Å². The molecule has 1 saturated heterocycles. The fraction of sp³-hybridized carbons (Fsp3) is 0.895. The molecule has 0 aromatic heterocycles. The van der Waals surface area contributed by atoms with E-state index in [0.29, 0.717) is 19.4 Å². The van der Waals surface area contributed by atoms with Crippen LogP contribution < -0.4 is 0 Å². The summed E-state index contributed by atoms with van der Waals surface area (Å²) in [7, 11) is 0. The fourth-order valence-electron chi connectivity index (χ4n) is 2.29. The number of hydrogen-bond donors (Lipinski definition) is 2. The summed E-state index contributed by atoms with van der Waals surface area (Å²) in [5.41, 5.74) is -0.647. The van der Waals surface area contributed by atoms with Gasteiger partial charge in [-0.05, 0) is 40.5 Å². The molecule has 0 bridgehead atoms. The van der Waals surface area contributed by atoms with E-state index in [1.54, 1.807) is 27.7 Å². The maximum Gasteiger partial charge on any atom is 0.350 e. The monoisotopic (exact) mass is 376 g/mol. The number of carbonyl (C=O) groups excluding carboxylic acids is 2. The Hall–Kier alpha value is -1.18. The first-order valence-electron chi connectivity index (χ1n) is 9.47. The maximum atomic E-state index is 11.7. The number of hydrogen-bond acceptors (Lipinski definition) is 7. The maximum absolute atomic E-state index is 11.7. The minimum Gasteiger partial charge on any atom is -0.460 e. The zero-order valence-corrected chi connectivity index (χ0v) is 17.0. The van der Waals surface area contributed by atoms with Crippen molar-refractivity contribution in [3.05, 3.63) is 0 Å². The van der Waals surface area contributed by atoms with E-state index in [4.69, 9.17) is 24.4 Å². The van der Waals surface area contributed by atoms with Gasteiger partial charge in [-0.25, -0.2) is 4.79 Å². The molecule has 0 aromatic rings. The summed E-state index contributed by atoms with van der Waals surface area (Å²) in [4.78, 5) is 23.2. The largest absolute Gasteiger partial charge is 0.460 e. The van der Waals surface area contributed by atoms with Gasteiger partial charge in [-0.2, -0.15) is 0 Å². The van der Waals surface area contributed by atoms with Crippen molar-refractivity contribution in [1.29, 1.82) is 0 Å². The van der Waals surface area contributed by atoms with Crippen molar-refractivity contribution in [3.8, 4) is 0 Å². The Morgan fingerprint density at radius 1 is 1.12 bits per heavy atom. The quantitative estimate of drug-likeness (QED) is 0.535. The van der Waals surface area contributed by atoms with Gasteiger partial charge in [0.1, 0.15) is 12.7 Å². The average molecular weight is 376 g/mol. The van der Waals surface area contributed by atoms with Crippen LogP contribution in [0.2, 0.25) is 0 Å². The van der Waals surface area contributed by atoms with Gasteiger partial charge in [-0.15, -0.1) is 0 Å². The Morgan fingerprint density at radius 3 is 2.08 bits per heavy atom. The molecular weight excluding hydrogens is 340 g/mol. The third-order valence-corrected chi connectivity index (χ3v) is 3.87. The highest BCUT2D eigenvalue weighted by atomic mass is 16.6. The van der Waals surface area contributed by atoms with Gasteiger partial charge in [-0.3, -0.25) is 4.79 Å². The second kappa shape index (κ2) is 11.5. The number of rotatable bonds is 1. The van der Waals surface area contributed by atoms with Crippen LogP contribution in [0.25, 0.3) is 0 Å². The lowest BCUT2D eigenvalue weighted by atomic mass is 9.95. The lowest BCUT2D eigenvalue weighted by Gasteiger charge is -2.25. The second-order valence-corrected chi connectivity index (χ2v) is 7.36. The zero-order chi connectivity index (χ0) is 20.4. The topological polar surface area (TPSA) is 102 Å². The molecule has 2 unspecified atom stereocenters. The van der Waals surface area contributed by atoms with Gasteiger partial charge in [0.2, 0.25) is 6.10 Å². The first-order chi connectivity index (χ1) is 12.0. The molecule has 2 N–H and O–H groups in total. The van der Waals surface area contributed by atoms with Crippen LogP contribution in [-0.2, 0) is 23.8 Å². The van der Waals surface area contributed by atoms with E-state index in [1.165, 1.54) is 0 Å². The Morgan fingerprint density at radius 2 is 1.65 bits per heavy atom. The predicted molar refractivity (Wildman–Crippen MR) is 97.3 cm³/mol. The molecule has 2 fully saturated rings. The third-order valence-electron chi connectivity index (χ3n) is 3.87. The summed E-state index contributed by atoms with van der Waals surface area (Å²) in [6.45, 7) is 11.4. The summed E-state index contributed by atoms with van der Waals surface area (Å²) < 4.78 is 15.3. The molecule has 0 amide bonds. The second-order valence-electron chi connectivity index (χ2n) is 7.36. The molecule has 2 atom stereocenters. The van der Waals surface area contributed by atoms with E-state index in [9.17, 15) is 9.59 Å². The van der Waals surface area contributed by atoms with Gasteiger partial charge in [0.05, 0.1) is 12.0 Å². The van der Waals surface area contributed by atoms with E-state index in [1.807, 2.05) is 13.8 Å². The Balaban J connectivity index is 0.000000522. The van der Waals surface area contributed by atoms with Crippen LogP contribution in [0.15, 0.2) is 0 Å². The van der Waals surface area contributed by atoms with Crippen molar-refractivity contribution in [3.63, 3.8) is 0 Å². The van der Waals surface area contributed by atoms with Crippen molar-refractivity contribution >= 4 is 11.9 Å². The molecule has 2 aliphatic rings. The summed E-state index contributed by atoms with van der Waals surface area (Å²) >= 11 is 0. The molecule has 26 heavy (non-hydrogen) atoms. The predicted octanol–water partition coefficient (Wildman–Crippen LogP) is 2.56. The van der Waals surface area contributed by atoms with Crippen molar-refractivity contribution in [2.24, 2.45) is 5.41 Å². The van der Waals surface area contributed by atoms with Gasteiger partial charge in [-0.1, -0.05) is 20.3 Å². The third kappa shape index (κ3) is 9.50. The summed E-state index contributed by atoms with van der Waals surface area (Å²) in [6, 6.07) is 0. The van der Waals surface area contributed by atoms with Crippen LogP contribution in [0.3, 0.4) is 0 Å². The molecule has 154 valence electrons. The van der Waals surface area contributed by atoms with E-state index in [0.717, 1.165) is 19.3 Å². The van der Waals surface area contributed by atoms with Crippen LogP contribution in [0.1, 0.15) is 73.6 Å². The first-order valence-corrected chi connectivity index (χ1v) is 9.47. The standard InChI is InChI=1S/C11H18O5.C6H12O2.C2H6/c1-7-8(9(12)15-6-5-14-7)16-10(13)11(2,3)4;7-6(8)4-2-1-3-5-6;1-2/h7-8H,5-6H2,1-4H3;7-8H,1-5H2;1-2H3. The molecular formula is C19H36O7. The van der Waals surface area contributed by atoms with Gasteiger partial charge in [0.15, 0.2) is 5.79 Å². The molecule has 0 spiro atoms. The van der Waals surface area contributed by atoms with Crippen molar-refractivity contribution in [2.45, 2.75) is 91.6 Å². The average Bonchev–Trinajstić information content (AvgIpc) is 2.71. The van der Waals surface area contributed by atoms with Gasteiger partial charge in [0.25, 0.3) is 0 Å².